The molecule has 1 aliphatic rings. The number of aliphatic hydroxyl groups is 2. The Morgan fingerprint density at radius 2 is 2.26 bits per heavy atom. The maximum Gasteiger partial charge on any atom is 0.125 e. The van der Waals surface area contributed by atoms with Gasteiger partial charge in [0.25, 0.3) is 0 Å². The van der Waals surface area contributed by atoms with Gasteiger partial charge in [-0.15, -0.1) is 0 Å². The maximum absolute atomic E-state index is 10.5. The minimum absolute atomic E-state index is 0.0611. The number of ether oxygens (including phenoxy) is 2. The van der Waals surface area contributed by atoms with E-state index in [9.17, 15) is 5.11 Å². The number of rotatable bonds is 5. The lowest BCUT2D eigenvalue weighted by Crippen LogP contribution is -2.44. The van der Waals surface area contributed by atoms with E-state index >= 15 is 0 Å². The minimum Gasteiger partial charge on any atom is -0.494 e. The zero-order chi connectivity index (χ0) is 13.8. The summed E-state index contributed by atoms with van der Waals surface area (Å²) in [5.41, 5.74) is 0.743. The van der Waals surface area contributed by atoms with Crippen LogP contribution in [0.3, 0.4) is 0 Å². The first-order valence-electron chi connectivity index (χ1n) is 6.56. The maximum atomic E-state index is 10.5. The minimum atomic E-state index is -0.638. The number of aliphatic hydroxyl groups excluding tert-OH is 2. The lowest BCUT2D eigenvalue weighted by Gasteiger charge is -2.36. The molecule has 2 rings (SSSR count). The van der Waals surface area contributed by atoms with Crippen LogP contribution >= 0.6 is 0 Å². The van der Waals surface area contributed by atoms with Crippen LogP contribution in [0.1, 0.15) is 18.6 Å². The Bertz CT molecular complexity index is 424. The van der Waals surface area contributed by atoms with E-state index in [0.717, 1.165) is 11.3 Å². The van der Waals surface area contributed by atoms with E-state index in [1.165, 1.54) is 0 Å². The molecule has 1 heterocycles. The second-order valence-corrected chi connectivity index (χ2v) is 4.66. The molecule has 5 nitrogen and oxygen atoms in total. The Kier molecular flexibility index (Phi) is 4.63. The van der Waals surface area contributed by atoms with Gasteiger partial charge in [0.15, 0.2) is 0 Å². The highest BCUT2D eigenvalue weighted by molar-refractivity contribution is 5.43. The number of nitrogens with zero attached hydrogens (tertiary/aromatic N) is 1. The molecule has 0 bridgehead atoms. The van der Waals surface area contributed by atoms with Gasteiger partial charge in [0.2, 0.25) is 0 Å². The molecular formula is C14H21NO4. The molecular weight excluding hydrogens is 246 g/mol. The van der Waals surface area contributed by atoms with E-state index in [-0.39, 0.29) is 12.6 Å². The molecule has 0 saturated heterocycles. The van der Waals surface area contributed by atoms with E-state index < -0.39 is 6.10 Å². The van der Waals surface area contributed by atoms with Gasteiger partial charge in [0.05, 0.1) is 19.3 Å². The van der Waals surface area contributed by atoms with E-state index in [4.69, 9.17) is 14.6 Å². The standard InChI is InChI=1S/C14H21NO4/c1-3-18-10-4-5-13-11(8-10)14(17)12(9-19-13)15(2)6-7-16/h4-5,8,12,14,16-17H,3,6-7,9H2,1-2H3. The smallest absolute Gasteiger partial charge is 0.125 e. The molecule has 1 aromatic rings. The zero-order valence-electron chi connectivity index (χ0n) is 11.4. The quantitative estimate of drug-likeness (QED) is 0.826. The number of benzene rings is 1. The lowest BCUT2D eigenvalue weighted by atomic mass is 9.98. The zero-order valence-corrected chi connectivity index (χ0v) is 11.4. The predicted molar refractivity (Wildman–Crippen MR) is 71.6 cm³/mol. The van der Waals surface area contributed by atoms with Gasteiger partial charge < -0.3 is 19.7 Å². The van der Waals surface area contributed by atoms with Crippen LogP contribution in [-0.2, 0) is 0 Å². The predicted octanol–water partition coefficient (Wildman–Crippen LogP) is 0.804. The Balaban J connectivity index is 2.20. The normalized spacial score (nSPS) is 21.9. The molecule has 19 heavy (non-hydrogen) atoms. The van der Waals surface area contributed by atoms with Crippen molar-refractivity contribution in [2.45, 2.75) is 19.1 Å². The van der Waals surface area contributed by atoms with Gasteiger partial charge in [-0.3, -0.25) is 4.90 Å². The monoisotopic (exact) mass is 267 g/mol. The van der Waals surface area contributed by atoms with Crippen LogP contribution < -0.4 is 9.47 Å². The van der Waals surface area contributed by atoms with Gasteiger partial charge in [0.1, 0.15) is 24.2 Å². The van der Waals surface area contributed by atoms with E-state index in [1.807, 2.05) is 37.1 Å². The van der Waals surface area contributed by atoms with Gasteiger partial charge in [0, 0.05) is 12.1 Å². The first kappa shape index (κ1) is 14.1. The van der Waals surface area contributed by atoms with Crippen LogP contribution in [0.4, 0.5) is 0 Å². The molecule has 5 heteroatoms. The van der Waals surface area contributed by atoms with Crippen molar-refractivity contribution in [3.63, 3.8) is 0 Å². The van der Waals surface area contributed by atoms with Gasteiger partial charge in [-0.1, -0.05) is 0 Å². The average molecular weight is 267 g/mol. The molecule has 0 radical (unpaired) electrons. The van der Waals surface area contributed by atoms with Crippen molar-refractivity contribution >= 4 is 0 Å². The Labute approximate surface area is 113 Å². The Morgan fingerprint density at radius 3 is 2.95 bits per heavy atom. The summed E-state index contributed by atoms with van der Waals surface area (Å²) in [5, 5.41) is 19.4. The van der Waals surface area contributed by atoms with Crippen LogP contribution in [0.2, 0.25) is 0 Å². The van der Waals surface area contributed by atoms with Crippen molar-refractivity contribution in [1.82, 2.24) is 4.90 Å². The summed E-state index contributed by atoms with van der Waals surface area (Å²) in [5.74, 6) is 1.43. The Morgan fingerprint density at radius 1 is 1.47 bits per heavy atom. The molecule has 2 unspecified atom stereocenters. The Hall–Kier alpha value is -1.30. The molecule has 1 aromatic carbocycles. The fourth-order valence-corrected chi connectivity index (χ4v) is 2.31. The second-order valence-electron chi connectivity index (χ2n) is 4.66. The third kappa shape index (κ3) is 3.00. The topological polar surface area (TPSA) is 62.2 Å². The fourth-order valence-electron chi connectivity index (χ4n) is 2.31. The van der Waals surface area contributed by atoms with E-state index in [1.54, 1.807) is 0 Å². The molecule has 0 saturated carbocycles. The molecule has 2 N–H and O–H groups in total. The summed E-state index contributed by atoms with van der Waals surface area (Å²) in [6.45, 7) is 3.49. The second kappa shape index (κ2) is 6.23. The van der Waals surface area contributed by atoms with Gasteiger partial charge in [-0.25, -0.2) is 0 Å². The summed E-state index contributed by atoms with van der Waals surface area (Å²) in [7, 11) is 1.87. The number of hydrogen-bond acceptors (Lipinski definition) is 5. The molecule has 0 aliphatic carbocycles. The highest BCUT2D eigenvalue weighted by atomic mass is 16.5. The third-order valence-corrected chi connectivity index (χ3v) is 3.40. The fraction of sp³-hybridized carbons (Fsp3) is 0.571. The summed E-state index contributed by atoms with van der Waals surface area (Å²) in [6, 6.07) is 5.33. The first-order valence-corrected chi connectivity index (χ1v) is 6.56. The summed E-state index contributed by atoms with van der Waals surface area (Å²) >= 11 is 0. The van der Waals surface area contributed by atoms with Crippen molar-refractivity contribution in [2.75, 3.05) is 33.4 Å². The highest BCUT2D eigenvalue weighted by Gasteiger charge is 2.32. The van der Waals surface area contributed by atoms with Crippen molar-refractivity contribution in [1.29, 1.82) is 0 Å². The third-order valence-electron chi connectivity index (χ3n) is 3.40. The SMILES string of the molecule is CCOc1ccc2c(c1)C(O)C(N(C)CCO)CO2. The van der Waals surface area contributed by atoms with Crippen LogP contribution in [0, 0.1) is 0 Å². The highest BCUT2D eigenvalue weighted by Crippen LogP contribution is 2.36. The van der Waals surface area contributed by atoms with Gasteiger partial charge >= 0.3 is 0 Å². The van der Waals surface area contributed by atoms with E-state index in [2.05, 4.69) is 0 Å². The summed E-state index contributed by atoms with van der Waals surface area (Å²) in [4.78, 5) is 1.90. The lowest BCUT2D eigenvalue weighted by molar-refractivity contribution is 0.00931. The molecule has 0 spiro atoms. The number of fused-ring (bicyclic) bond motifs is 1. The van der Waals surface area contributed by atoms with Crippen LogP contribution in [0.5, 0.6) is 11.5 Å². The first-order chi connectivity index (χ1) is 9.17. The van der Waals surface area contributed by atoms with Crippen molar-refractivity contribution in [2.24, 2.45) is 0 Å². The van der Waals surface area contributed by atoms with E-state index in [0.29, 0.717) is 25.5 Å². The summed E-state index contributed by atoms with van der Waals surface area (Å²) in [6.07, 6.45) is -0.638. The molecule has 106 valence electrons. The molecule has 0 amide bonds. The number of hydrogen-bond donors (Lipinski definition) is 2. The van der Waals surface area contributed by atoms with Crippen molar-refractivity contribution in [3.05, 3.63) is 23.8 Å². The molecule has 0 fully saturated rings. The van der Waals surface area contributed by atoms with Crippen LogP contribution in [0.15, 0.2) is 18.2 Å². The average Bonchev–Trinajstić information content (AvgIpc) is 2.40. The van der Waals surface area contributed by atoms with Gasteiger partial charge in [-0.05, 0) is 32.2 Å². The largest absolute Gasteiger partial charge is 0.494 e. The summed E-state index contributed by atoms with van der Waals surface area (Å²) < 4.78 is 11.1. The van der Waals surface area contributed by atoms with Crippen LogP contribution in [-0.4, -0.2) is 54.6 Å². The number of likely N-dealkylation sites (N-methyl/N-ethyl adjacent to an activating group) is 1. The van der Waals surface area contributed by atoms with Crippen molar-refractivity contribution < 1.29 is 19.7 Å². The molecule has 0 aromatic heterocycles. The van der Waals surface area contributed by atoms with Crippen molar-refractivity contribution in [3.8, 4) is 11.5 Å². The van der Waals surface area contributed by atoms with Gasteiger partial charge in [-0.2, -0.15) is 0 Å². The van der Waals surface area contributed by atoms with Crippen LogP contribution in [0.25, 0.3) is 0 Å². The molecule has 2 atom stereocenters. The molecule has 1 aliphatic heterocycles.